The van der Waals surface area contributed by atoms with Crippen molar-refractivity contribution in [3.8, 4) is 0 Å². The first kappa shape index (κ1) is 16.9. The Bertz CT molecular complexity index is 170. The standard InChI is InChI=1S/C14H31NO2/c1-5-6-7-10-14(16-3,17-4)11-8-9-13(2)12-15/h13H,5-12,15H2,1-4H3. The molecule has 2 N–H and O–H groups in total. The normalized spacial score (nSPS) is 13.9. The molecule has 0 saturated heterocycles. The summed E-state index contributed by atoms with van der Waals surface area (Å²) in [7, 11) is 3.50. The molecule has 17 heavy (non-hydrogen) atoms. The van der Waals surface area contributed by atoms with Crippen LogP contribution in [-0.4, -0.2) is 26.6 Å². The second-order valence-electron chi connectivity index (χ2n) is 5.01. The van der Waals surface area contributed by atoms with Gasteiger partial charge in [-0.3, -0.25) is 0 Å². The van der Waals surface area contributed by atoms with Gasteiger partial charge in [0.2, 0.25) is 0 Å². The van der Waals surface area contributed by atoms with Gasteiger partial charge in [0.15, 0.2) is 5.79 Å². The number of ether oxygens (including phenoxy) is 2. The van der Waals surface area contributed by atoms with Gasteiger partial charge in [-0.05, 0) is 31.7 Å². The van der Waals surface area contributed by atoms with Gasteiger partial charge < -0.3 is 15.2 Å². The van der Waals surface area contributed by atoms with Crippen molar-refractivity contribution in [1.29, 1.82) is 0 Å². The molecule has 3 heteroatoms. The molecule has 0 amide bonds. The number of hydrogen-bond donors (Lipinski definition) is 1. The van der Waals surface area contributed by atoms with Gasteiger partial charge >= 0.3 is 0 Å². The Balaban J connectivity index is 4.01. The van der Waals surface area contributed by atoms with Gasteiger partial charge in [0.25, 0.3) is 0 Å². The quantitative estimate of drug-likeness (QED) is 0.448. The number of rotatable bonds is 11. The molecule has 0 aliphatic rings. The van der Waals surface area contributed by atoms with Crippen LogP contribution < -0.4 is 5.73 Å². The molecule has 104 valence electrons. The predicted molar refractivity (Wildman–Crippen MR) is 73.0 cm³/mol. The molecule has 0 heterocycles. The molecule has 1 atom stereocenters. The van der Waals surface area contributed by atoms with Crippen LogP contribution in [0.1, 0.15) is 58.8 Å². The first-order valence-electron chi connectivity index (χ1n) is 6.94. The summed E-state index contributed by atoms with van der Waals surface area (Å²) in [5.74, 6) is 0.223. The van der Waals surface area contributed by atoms with E-state index in [0.29, 0.717) is 5.92 Å². The average Bonchev–Trinajstić information content (AvgIpc) is 2.37. The topological polar surface area (TPSA) is 44.5 Å². The highest BCUT2D eigenvalue weighted by Crippen LogP contribution is 2.27. The zero-order valence-electron chi connectivity index (χ0n) is 12.1. The molecule has 0 aromatic carbocycles. The largest absolute Gasteiger partial charge is 0.353 e. The molecule has 0 radical (unpaired) electrons. The fraction of sp³-hybridized carbons (Fsp3) is 1.00. The Labute approximate surface area is 107 Å². The van der Waals surface area contributed by atoms with E-state index in [9.17, 15) is 0 Å². The average molecular weight is 245 g/mol. The highest BCUT2D eigenvalue weighted by molar-refractivity contribution is 4.70. The molecule has 0 bridgehead atoms. The van der Waals surface area contributed by atoms with E-state index in [4.69, 9.17) is 15.2 Å². The molecule has 0 aromatic rings. The summed E-state index contributed by atoms with van der Waals surface area (Å²) >= 11 is 0. The lowest BCUT2D eigenvalue weighted by Crippen LogP contribution is -2.34. The van der Waals surface area contributed by atoms with E-state index in [-0.39, 0.29) is 5.79 Å². The SMILES string of the molecule is CCCCCC(CCCC(C)CN)(OC)OC. The minimum Gasteiger partial charge on any atom is -0.353 e. The van der Waals surface area contributed by atoms with Gasteiger partial charge in [-0.15, -0.1) is 0 Å². The smallest absolute Gasteiger partial charge is 0.167 e. The molecule has 0 fully saturated rings. The summed E-state index contributed by atoms with van der Waals surface area (Å²) in [6, 6.07) is 0. The van der Waals surface area contributed by atoms with E-state index in [1.807, 2.05) is 0 Å². The van der Waals surface area contributed by atoms with Crippen LogP contribution >= 0.6 is 0 Å². The fourth-order valence-electron chi connectivity index (χ4n) is 2.10. The number of nitrogens with two attached hydrogens (primary N) is 1. The Morgan fingerprint density at radius 3 is 2.12 bits per heavy atom. The van der Waals surface area contributed by atoms with Crippen molar-refractivity contribution in [3.05, 3.63) is 0 Å². The van der Waals surface area contributed by atoms with Crippen LogP contribution in [-0.2, 0) is 9.47 Å². The molecule has 0 rings (SSSR count). The summed E-state index contributed by atoms with van der Waals surface area (Å²) < 4.78 is 11.2. The minimum absolute atomic E-state index is 0.372. The first-order chi connectivity index (χ1) is 8.14. The van der Waals surface area contributed by atoms with Crippen molar-refractivity contribution in [2.24, 2.45) is 11.7 Å². The summed E-state index contributed by atoms with van der Waals surface area (Å²) in [5.41, 5.74) is 5.62. The molecule has 0 spiro atoms. The molecule has 0 saturated carbocycles. The van der Waals surface area contributed by atoms with Gasteiger partial charge in [-0.2, -0.15) is 0 Å². The van der Waals surface area contributed by atoms with E-state index < -0.39 is 0 Å². The van der Waals surface area contributed by atoms with Crippen LogP contribution in [0.5, 0.6) is 0 Å². The third kappa shape index (κ3) is 7.02. The number of methoxy groups -OCH3 is 2. The highest BCUT2D eigenvalue weighted by Gasteiger charge is 2.28. The van der Waals surface area contributed by atoms with Gasteiger partial charge in [0, 0.05) is 27.1 Å². The third-order valence-electron chi connectivity index (χ3n) is 3.56. The molecule has 0 aromatic heterocycles. The summed E-state index contributed by atoms with van der Waals surface area (Å²) in [6.07, 6.45) is 7.87. The summed E-state index contributed by atoms with van der Waals surface area (Å²) in [5, 5.41) is 0. The molecule has 0 aliphatic heterocycles. The lowest BCUT2D eigenvalue weighted by molar-refractivity contribution is -0.216. The minimum atomic E-state index is -0.372. The summed E-state index contributed by atoms with van der Waals surface area (Å²) in [4.78, 5) is 0. The van der Waals surface area contributed by atoms with Gasteiger partial charge in [-0.25, -0.2) is 0 Å². The van der Waals surface area contributed by atoms with E-state index in [0.717, 1.165) is 32.2 Å². The van der Waals surface area contributed by atoms with E-state index in [1.54, 1.807) is 14.2 Å². The van der Waals surface area contributed by atoms with Crippen LogP contribution in [0, 0.1) is 5.92 Å². The lowest BCUT2D eigenvalue weighted by atomic mass is 9.97. The third-order valence-corrected chi connectivity index (χ3v) is 3.56. The zero-order valence-corrected chi connectivity index (χ0v) is 12.1. The van der Waals surface area contributed by atoms with Crippen molar-refractivity contribution >= 4 is 0 Å². The Morgan fingerprint density at radius 1 is 1.06 bits per heavy atom. The van der Waals surface area contributed by atoms with Gasteiger partial charge in [0.1, 0.15) is 0 Å². The highest BCUT2D eigenvalue weighted by atomic mass is 16.7. The second kappa shape index (κ2) is 9.86. The Morgan fingerprint density at radius 2 is 1.65 bits per heavy atom. The maximum absolute atomic E-state index is 5.62. The lowest BCUT2D eigenvalue weighted by Gasteiger charge is -2.31. The van der Waals surface area contributed by atoms with Crippen molar-refractivity contribution in [2.75, 3.05) is 20.8 Å². The first-order valence-corrected chi connectivity index (χ1v) is 6.94. The molecule has 3 nitrogen and oxygen atoms in total. The number of unbranched alkanes of at least 4 members (excludes halogenated alkanes) is 2. The molecule has 1 unspecified atom stereocenters. The maximum Gasteiger partial charge on any atom is 0.167 e. The van der Waals surface area contributed by atoms with Crippen molar-refractivity contribution in [1.82, 2.24) is 0 Å². The van der Waals surface area contributed by atoms with Crippen LogP contribution in [0.25, 0.3) is 0 Å². The van der Waals surface area contributed by atoms with Crippen molar-refractivity contribution in [2.45, 2.75) is 64.6 Å². The van der Waals surface area contributed by atoms with Crippen LogP contribution in [0.4, 0.5) is 0 Å². The maximum atomic E-state index is 5.62. The van der Waals surface area contributed by atoms with Gasteiger partial charge in [0.05, 0.1) is 0 Å². The molecular formula is C14H31NO2. The van der Waals surface area contributed by atoms with Crippen LogP contribution in [0.3, 0.4) is 0 Å². The van der Waals surface area contributed by atoms with E-state index in [2.05, 4.69) is 13.8 Å². The molecular weight excluding hydrogens is 214 g/mol. The monoisotopic (exact) mass is 245 g/mol. The summed E-state index contributed by atoms with van der Waals surface area (Å²) in [6.45, 7) is 5.17. The fourth-order valence-corrected chi connectivity index (χ4v) is 2.10. The Hall–Kier alpha value is -0.120. The van der Waals surface area contributed by atoms with E-state index in [1.165, 1.54) is 19.3 Å². The van der Waals surface area contributed by atoms with Crippen LogP contribution in [0.15, 0.2) is 0 Å². The zero-order chi connectivity index (χ0) is 13.1. The van der Waals surface area contributed by atoms with Gasteiger partial charge in [-0.1, -0.05) is 26.7 Å². The molecule has 0 aliphatic carbocycles. The van der Waals surface area contributed by atoms with Crippen molar-refractivity contribution in [3.63, 3.8) is 0 Å². The number of hydrogen-bond acceptors (Lipinski definition) is 3. The Kier molecular flexibility index (Phi) is 9.79. The second-order valence-corrected chi connectivity index (χ2v) is 5.01. The van der Waals surface area contributed by atoms with Crippen molar-refractivity contribution < 1.29 is 9.47 Å². The van der Waals surface area contributed by atoms with Crippen LogP contribution in [0.2, 0.25) is 0 Å². The van der Waals surface area contributed by atoms with E-state index >= 15 is 0 Å². The predicted octanol–water partition coefficient (Wildman–Crippen LogP) is 3.32.